The lowest BCUT2D eigenvalue weighted by atomic mass is 9.76. The molecule has 1 fully saturated rings. The smallest absolute Gasteiger partial charge is 0.329 e. The standard InChI is InChI=1S/C14H21N3O3S/c1-10-4-3-5-14(6-10,12(18)19)16-13(20)17(2)7-11-8-21-9-15-11/h8-10H,3-7H2,1-2H3,(H,16,20)(H,18,19). The van der Waals surface area contributed by atoms with E-state index < -0.39 is 11.5 Å². The van der Waals surface area contributed by atoms with Crippen molar-refractivity contribution >= 4 is 23.3 Å². The highest BCUT2D eigenvalue weighted by atomic mass is 32.1. The lowest BCUT2D eigenvalue weighted by Crippen LogP contribution is -2.59. The molecule has 6 nitrogen and oxygen atoms in total. The van der Waals surface area contributed by atoms with Gasteiger partial charge in [0.15, 0.2) is 0 Å². The van der Waals surface area contributed by atoms with Crippen molar-refractivity contribution in [2.24, 2.45) is 5.92 Å². The Kier molecular flexibility index (Phi) is 4.82. The van der Waals surface area contributed by atoms with Crippen molar-refractivity contribution in [3.63, 3.8) is 0 Å². The van der Waals surface area contributed by atoms with E-state index in [1.54, 1.807) is 12.6 Å². The molecule has 2 N–H and O–H groups in total. The Hall–Kier alpha value is -1.63. The van der Waals surface area contributed by atoms with Crippen molar-refractivity contribution < 1.29 is 14.7 Å². The second-order valence-electron chi connectivity index (χ2n) is 5.85. The van der Waals surface area contributed by atoms with E-state index in [1.165, 1.54) is 16.2 Å². The highest BCUT2D eigenvalue weighted by Gasteiger charge is 2.43. The number of rotatable bonds is 4. The molecule has 1 saturated carbocycles. The minimum Gasteiger partial charge on any atom is -0.480 e. The molecule has 1 aliphatic carbocycles. The van der Waals surface area contributed by atoms with E-state index in [-0.39, 0.29) is 6.03 Å². The SMILES string of the molecule is CC1CCCC(NC(=O)N(C)Cc2cscn2)(C(=O)O)C1. The number of amides is 2. The molecule has 0 aromatic carbocycles. The molecule has 0 radical (unpaired) electrons. The van der Waals surface area contributed by atoms with Gasteiger partial charge in [-0.25, -0.2) is 14.6 Å². The van der Waals surface area contributed by atoms with Crippen LogP contribution in [0.3, 0.4) is 0 Å². The van der Waals surface area contributed by atoms with Gasteiger partial charge in [-0.2, -0.15) is 0 Å². The second kappa shape index (κ2) is 6.43. The molecule has 21 heavy (non-hydrogen) atoms. The Bertz CT molecular complexity index is 506. The Morgan fingerprint density at radius 3 is 2.95 bits per heavy atom. The summed E-state index contributed by atoms with van der Waals surface area (Å²) < 4.78 is 0. The minimum atomic E-state index is -1.13. The Labute approximate surface area is 128 Å². The second-order valence-corrected chi connectivity index (χ2v) is 6.57. The summed E-state index contributed by atoms with van der Waals surface area (Å²) in [5.41, 5.74) is 1.38. The van der Waals surface area contributed by atoms with E-state index in [4.69, 9.17) is 0 Å². The van der Waals surface area contributed by atoms with Gasteiger partial charge in [0.2, 0.25) is 0 Å². The average Bonchev–Trinajstić information content (AvgIpc) is 2.91. The summed E-state index contributed by atoms with van der Waals surface area (Å²) in [4.78, 5) is 29.5. The third kappa shape index (κ3) is 3.72. The number of aliphatic carboxylic acids is 1. The summed E-state index contributed by atoms with van der Waals surface area (Å²) in [6.07, 6.45) is 2.81. The number of thiazole rings is 1. The maximum atomic E-state index is 12.3. The van der Waals surface area contributed by atoms with Crippen LogP contribution in [0.25, 0.3) is 0 Å². The van der Waals surface area contributed by atoms with Crippen molar-refractivity contribution in [2.45, 2.75) is 44.7 Å². The van der Waals surface area contributed by atoms with E-state index in [0.717, 1.165) is 18.5 Å². The predicted octanol–water partition coefficient (Wildman–Crippen LogP) is 2.32. The number of hydrogen-bond acceptors (Lipinski definition) is 4. The van der Waals surface area contributed by atoms with Gasteiger partial charge >= 0.3 is 12.0 Å². The summed E-state index contributed by atoms with van der Waals surface area (Å²) in [6.45, 7) is 2.41. The van der Waals surface area contributed by atoms with Crippen LogP contribution in [0.4, 0.5) is 4.79 Å². The summed E-state index contributed by atoms with van der Waals surface area (Å²) in [7, 11) is 1.65. The fourth-order valence-electron chi connectivity index (χ4n) is 2.84. The molecule has 2 unspecified atom stereocenters. The lowest BCUT2D eigenvalue weighted by Gasteiger charge is -2.38. The van der Waals surface area contributed by atoms with Crippen LogP contribution in [-0.4, -0.2) is 39.6 Å². The zero-order chi connectivity index (χ0) is 15.5. The molecule has 0 aliphatic heterocycles. The summed E-state index contributed by atoms with van der Waals surface area (Å²) in [6, 6.07) is -0.362. The maximum Gasteiger partial charge on any atom is 0.329 e. The van der Waals surface area contributed by atoms with E-state index in [9.17, 15) is 14.7 Å². The molecule has 0 saturated heterocycles. The van der Waals surface area contributed by atoms with Gasteiger partial charge in [0.05, 0.1) is 17.7 Å². The Balaban J connectivity index is 2.02. The predicted molar refractivity (Wildman–Crippen MR) is 80.1 cm³/mol. The summed E-state index contributed by atoms with van der Waals surface area (Å²) in [5, 5.41) is 14.2. The van der Waals surface area contributed by atoms with Gasteiger partial charge in [-0.1, -0.05) is 19.8 Å². The van der Waals surface area contributed by atoms with Crippen molar-refractivity contribution in [2.75, 3.05) is 7.05 Å². The minimum absolute atomic E-state index is 0.305. The van der Waals surface area contributed by atoms with Crippen LogP contribution in [0.5, 0.6) is 0 Å². The highest BCUT2D eigenvalue weighted by Crippen LogP contribution is 2.32. The number of urea groups is 1. The normalized spacial score (nSPS) is 25.3. The van der Waals surface area contributed by atoms with Gasteiger partial charge in [-0.05, 0) is 18.8 Å². The number of aromatic nitrogens is 1. The van der Waals surface area contributed by atoms with Gasteiger partial charge in [0, 0.05) is 12.4 Å². The number of carbonyl (C=O) groups is 2. The van der Waals surface area contributed by atoms with Crippen molar-refractivity contribution in [3.05, 3.63) is 16.6 Å². The first kappa shape index (κ1) is 15.8. The molecule has 1 aliphatic rings. The topological polar surface area (TPSA) is 82.5 Å². The molecule has 1 heterocycles. The first-order valence-electron chi connectivity index (χ1n) is 7.07. The molecule has 1 aromatic rings. The maximum absolute atomic E-state index is 12.3. The van der Waals surface area contributed by atoms with Gasteiger partial charge in [0.25, 0.3) is 0 Å². The van der Waals surface area contributed by atoms with Gasteiger partial charge in [0.1, 0.15) is 5.54 Å². The molecular formula is C14H21N3O3S. The molecule has 0 bridgehead atoms. The van der Waals surface area contributed by atoms with Crippen molar-refractivity contribution in [3.8, 4) is 0 Å². The third-order valence-corrected chi connectivity index (χ3v) is 4.62. The van der Waals surface area contributed by atoms with Crippen LogP contribution in [0, 0.1) is 5.92 Å². The number of carboxylic acid groups (broad SMARTS) is 1. The van der Waals surface area contributed by atoms with Crippen molar-refractivity contribution in [1.29, 1.82) is 0 Å². The van der Waals surface area contributed by atoms with Gasteiger partial charge in [-0.3, -0.25) is 0 Å². The van der Waals surface area contributed by atoms with E-state index in [2.05, 4.69) is 10.3 Å². The lowest BCUT2D eigenvalue weighted by molar-refractivity contribution is -0.146. The van der Waals surface area contributed by atoms with Crippen LogP contribution in [-0.2, 0) is 11.3 Å². The van der Waals surface area contributed by atoms with E-state index >= 15 is 0 Å². The monoisotopic (exact) mass is 311 g/mol. The Morgan fingerprint density at radius 1 is 1.62 bits per heavy atom. The van der Waals surface area contributed by atoms with Crippen molar-refractivity contribution in [1.82, 2.24) is 15.2 Å². The summed E-state index contributed by atoms with van der Waals surface area (Å²) >= 11 is 1.47. The van der Waals surface area contributed by atoms with Crippen LogP contribution >= 0.6 is 11.3 Å². The first-order valence-corrected chi connectivity index (χ1v) is 8.01. The van der Waals surface area contributed by atoms with Crippen LogP contribution in [0.2, 0.25) is 0 Å². The van der Waals surface area contributed by atoms with Crippen LogP contribution in [0.15, 0.2) is 10.9 Å². The largest absolute Gasteiger partial charge is 0.480 e. The molecule has 2 amide bonds. The average molecular weight is 311 g/mol. The molecule has 116 valence electrons. The number of hydrogen-bond donors (Lipinski definition) is 2. The molecule has 7 heteroatoms. The molecular weight excluding hydrogens is 290 g/mol. The molecule has 0 spiro atoms. The molecule has 1 aromatic heterocycles. The zero-order valence-electron chi connectivity index (χ0n) is 12.3. The zero-order valence-corrected chi connectivity index (χ0v) is 13.2. The number of nitrogens with zero attached hydrogens (tertiary/aromatic N) is 2. The van der Waals surface area contributed by atoms with Gasteiger partial charge in [-0.15, -0.1) is 11.3 Å². The first-order chi connectivity index (χ1) is 9.93. The highest BCUT2D eigenvalue weighted by molar-refractivity contribution is 7.07. The summed E-state index contributed by atoms with van der Waals surface area (Å²) in [5.74, 6) is -0.636. The number of nitrogens with one attached hydrogen (secondary N) is 1. The van der Waals surface area contributed by atoms with E-state index in [0.29, 0.717) is 25.3 Å². The number of carboxylic acids is 1. The number of carbonyl (C=O) groups excluding carboxylic acids is 1. The third-order valence-electron chi connectivity index (χ3n) is 3.98. The van der Waals surface area contributed by atoms with Gasteiger partial charge < -0.3 is 15.3 Å². The fraction of sp³-hybridized carbons (Fsp3) is 0.643. The van der Waals surface area contributed by atoms with E-state index in [1.807, 2.05) is 12.3 Å². The fourth-order valence-corrected chi connectivity index (χ4v) is 3.39. The molecule has 2 atom stereocenters. The molecule has 2 rings (SSSR count). The van der Waals surface area contributed by atoms with Crippen LogP contribution in [0.1, 0.15) is 38.3 Å². The Morgan fingerprint density at radius 2 is 2.38 bits per heavy atom. The quantitative estimate of drug-likeness (QED) is 0.894. The van der Waals surface area contributed by atoms with Crippen LogP contribution < -0.4 is 5.32 Å².